The molecule has 0 saturated heterocycles. The van der Waals surface area contributed by atoms with Gasteiger partial charge in [0.05, 0.1) is 19.2 Å². The Labute approximate surface area is 258 Å². The maximum atomic E-state index is 12.3. The van der Waals surface area contributed by atoms with E-state index in [1.807, 2.05) is 49.6 Å². The molecule has 0 fully saturated rings. The minimum absolute atomic E-state index is 0.00266. The SMILES string of the molecule is COC(=O)C[C@@H]1N=C(c2ccc(Nc3ccc(OCC(=O)OC(=O)C(F)(F)F)cc3)cc2)c2c(sc(C)c2C)-n2c(C)nnc21. The second kappa shape index (κ2) is 12.5. The first-order chi connectivity index (χ1) is 21.3. The fourth-order valence-corrected chi connectivity index (χ4v) is 5.83. The van der Waals surface area contributed by atoms with Gasteiger partial charge in [-0.05, 0) is 62.7 Å². The zero-order valence-corrected chi connectivity index (χ0v) is 25.2. The van der Waals surface area contributed by atoms with Crippen molar-refractivity contribution >= 4 is 46.3 Å². The number of nitrogens with zero attached hydrogens (tertiary/aromatic N) is 4. The fraction of sp³-hybridized carbons (Fsp3) is 0.267. The minimum atomic E-state index is -5.27. The maximum Gasteiger partial charge on any atom is 0.491 e. The number of carbonyl (C=O) groups excluding carboxylic acids is 3. The summed E-state index contributed by atoms with van der Waals surface area (Å²) in [7, 11) is 1.33. The van der Waals surface area contributed by atoms with Crippen LogP contribution in [-0.4, -0.2) is 58.3 Å². The number of fused-ring (bicyclic) bond motifs is 3. The van der Waals surface area contributed by atoms with Crippen LogP contribution in [0.3, 0.4) is 0 Å². The zero-order valence-electron chi connectivity index (χ0n) is 24.4. The number of methoxy groups -OCH3 is 1. The van der Waals surface area contributed by atoms with Crippen LogP contribution in [0.1, 0.15) is 45.7 Å². The highest BCUT2D eigenvalue weighted by Gasteiger charge is 2.42. The molecule has 0 amide bonds. The Morgan fingerprint density at radius 2 is 1.60 bits per heavy atom. The van der Waals surface area contributed by atoms with Gasteiger partial charge < -0.3 is 19.5 Å². The van der Waals surface area contributed by atoms with Gasteiger partial charge in [-0.1, -0.05) is 12.1 Å². The Bertz CT molecular complexity index is 1800. The molecule has 234 valence electrons. The molecule has 45 heavy (non-hydrogen) atoms. The summed E-state index contributed by atoms with van der Waals surface area (Å²) in [6.45, 7) is 5.07. The summed E-state index contributed by atoms with van der Waals surface area (Å²) >= 11 is 1.61. The molecular formula is C30H26F3N5O6S. The third-order valence-corrected chi connectivity index (χ3v) is 8.12. The molecule has 11 nitrogen and oxygen atoms in total. The molecule has 0 bridgehead atoms. The van der Waals surface area contributed by atoms with Gasteiger partial charge in [0.25, 0.3) is 0 Å². The van der Waals surface area contributed by atoms with Gasteiger partial charge >= 0.3 is 24.1 Å². The molecule has 4 aromatic rings. The van der Waals surface area contributed by atoms with E-state index < -0.39 is 36.7 Å². The lowest BCUT2D eigenvalue weighted by molar-refractivity contribution is -0.202. The van der Waals surface area contributed by atoms with Gasteiger partial charge in [0, 0.05) is 27.4 Å². The molecule has 0 saturated carbocycles. The number of aromatic nitrogens is 3. The van der Waals surface area contributed by atoms with E-state index in [1.165, 1.54) is 19.2 Å². The lowest BCUT2D eigenvalue weighted by atomic mass is 9.99. The number of aryl methyl sites for hydroxylation is 2. The molecule has 15 heteroatoms. The maximum absolute atomic E-state index is 12.3. The van der Waals surface area contributed by atoms with Crippen LogP contribution in [0.4, 0.5) is 24.5 Å². The van der Waals surface area contributed by atoms with E-state index in [9.17, 15) is 27.6 Å². The van der Waals surface area contributed by atoms with Crippen molar-refractivity contribution in [3.05, 3.63) is 81.7 Å². The number of halogens is 3. The summed E-state index contributed by atoms with van der Waals surface area (Å²) < 4.78 is 52.4. The van der Waals surface area contributed by atoms with Crippen LogP contribution in [-0.2, 0) is 23.9 Å². The van der Waals surface area contributed by atoms with E-state index in [-0.39, 0.29) is 12.2 Å². The lowest BCUT2D eigenvalue weighted by Crippen LogP contribution is -2.30. The molecule has 0 radical (unpaired) electrons. The number of anilines is 2. The molecule has 1 N–H and O–H groups in total. The van der Waals surface area contributed by atoms with Gasteiger partial charge in [-0.15, -0.1) is 21.5 Å². The molecule has 5 rings (SSSR count). The summed E-state index contributed by atoms with van der Waals surface area (Å²) in [5.41, 5.74) is 4.96. The van der Waals surface area contributed by atoms with Crippen molar-refractivity contribution in [3.63, 3.8) is 0 Å². The number of aliphatic imine (C=N–C) groups is 1. The average molecular weight is 642 g/mol. The number of hydrogen-bond acceptors (Lipinski definition) is 11. The van der Waals surface area contributed by atoms with Crippen LogP contribution in [0.25, 0.3) is 5.00 Å². The average Bonchev–Trinajstić information content (AvgIpc) is 3.48. The van der Waals surface area contributed by atoms with Gasteiger partial charge in [-0.3, -0.25) is 14.4 Å². The van der Waals surface area contributed by atoms with Crippen LogP contribution >= 0.6 is 11.3 Å². The summed E-state index contributed by atoms with van der Waals surface area (Å²) in [6.07, 6.45) is -5.28. The normalized spacial score (nSPS) is 14.0. The third kappa shape index (κ3) is 6.72. The largest absolute Gasteiger partial charge is 0.491 e. The summed E-state index contributed by atoms with van der Waals surface area (Å²) in [5.74, 6) is -3.05. The van der Waals surface area contributed by atoms with E-state index in [1.54, 1.807) is 23.5 Å². The highest BCUT2D eigenvalue weighted by atomic mass is 32.1. The number of benzene rings is 2. The van der Waals surface area contributed by atoms with Crippen LogP contribution < -0.4 is 10.1 Å². The predicted molar refractivity (Wildman–Crippen MR) is 157 cm³/mol. The van der Waals surface area contributed by atoms with Crippen molar-refractivity contribution in [1.82, 2.24) is 14.8 Å². The van der Waals surface area contributed by atoms with Crippen molar-refractivity contribution in [2.75, 3.05) is 19.0 Å². The summed E-state index contributed by atoms with van der Waals surface area (Å²) in [6, 6.07) is 13.2. The Kier molecular flexibility index (Phi) is 8.73. The quantitative estimate of drug-likeness (QED) is 0.197. The Morgan fingerprint density at radius 1 is 0.956 bits per heavy atom. The number of carbonyl (C=O) groups is 3. The Morgan fingerprint density at radius 3 is 2.22 bits per heavy atom. The van der Waals surface area contributed by atoms with E-state index >= 15 is 0 Å². The molecule has 0 unspecified atom stereocenters. The Balaban J connectivity index is 1.34. The first-order valence-corrected chi connectivity index (χ1v) is 14.3. The van der Waals surface area contributed by atoms with Crippen molar-refractivity contribution in [2.45, 2.75) is 39.4 Å². The van der Waals surface area contributed by atoms with E-state index in [4.69, 9.17) is 14.5 Å². The van der Waals surface area contributed by atoms with Crippen molar-refractivity contribution in [3.8, 4) is 10.8 Å². The predicted octanol–water partition coefficient (Wildman–Crippen LogP) is 5.46. The topological polar surface area (TPSA) is 134 Å². The molecule has 2 aromatic carbocycles. The lowest BCUT2D eigenvalue weighted by Gasteiger charge is -2.13. The molecule has 1 atom stereocenters. The van der Waals surface area contributed by atoms with Gasteiger partial charge in [0.1, 0.15) is 22.6 Å². The number of alkyl halides is 3. The molecule has 0 aliphatic carbocycles. The number of ether oxygens (including phenoxy) is 3. The second-order valence-electron chi connectivity index (χ2n) is 9.95. The standard InChI is InChI=1S/C30H26F3N5O6S/c1-15-16(2)45-28-25(15)26(35-22(13-23(39)42-4)27-37-36-17(3)38(27)28)18-5-7-19(8-6-18)34-20-9-11-21(12-10-20)43-14-24(40)44-29(41)30(31,32)33/h5-12,22,34H,13-14H2,1-4H3/t22-/m0/s1. The van der Waals surface area contributed by atoms with E-state index in [2.05, 4.69) is 20.3 Å². The highest BCUT2D eigenvalue weighted by molar-refractivity contribution is 7.15. The highest BCUT2D eigenvalue weighted by Crippen LogP contribution is 2.39. The van der Waals surface area contributed by atoms with Gasteiger partial charge in [0.15, 0.2) is 12.4 Å². The molecular weight excluding hydrogens is 615 g/mol. The zero-order chi connectivity index (χ0) is 32.5. The fourth-order valence-electron chi connectivity index (χ4n) is 4.61. The molecule has 3 heterocycles. The number of esters is 3. The number of rotatable bonds is 8. The van der Waals surface area contributed by atoms with Crippen LogP contribution in [0, 0.1) is 20.8 Å². The smallest absolute Gasteiger partial charge is 0.482 e. The van der Waals surface area contributed by atoms with Gasteiger partial charge in [-0.25, -0.2) is 9.59 Å². The third-order valence-electron chi connectivity index (χ3n) is 6.92. The van der Waals surface area contributed by atoms with Crippen LogP contribution in [0.5, 0.6) is 5.75 Å². The number of nitrogens with one attached hydrogen (secondary N) is 1. The van der Waals surface area contributed by atoms with E-state index in [0.29, 0.717) is 23.0 Å². The second-order valence-corrected chi connectivity index (χ2v) is 11.2. The van der Waals surface area contributed by atoms with Crippen molar-refractivity contribution < 1.29 is 41.8 Å². The Hall–Kier alpha value is -5.05. The van der Waals surface area contributed by atoms with Gasteiger partial charge in [0.2, 0.25) is 0 Å². The number of thiophene rings is 1. The van der Waals surface area contributed by atoms with Crippen LogP contribution in [0.2, 0.25) is 0 Å². The minimum Gasteiger partial charge on any atom is -0.482 e. The molecule has 0 spiro atoms. The van der Waals surface area contributed by atoms with Crippen molar-refractivity contribution in [1.29, 1.82) is 0 Å². The molecule has 1 aliphatic heterocycles. The van der Waals surface area contributed by atoms with Gasteiger partial charge in [-0.2, -0.15) is 13.2 Å². The molecule has 2 aromatic heterocycles. The monoisotopic (exact) mass is 641 g/mol. The van der Waals surface area contributed by atoms with Crippen molar-refractivity contribution in [2.24, 2.45) is 4.99 Å². The number of hydrogen-bond donors (Lipinski definition) is 1. The van der Waals surface area contributed by atoms with Crippen LogP contribution in [0.15, 0.2) is 53.5 Å². The van der Waals surface area contributed by atoms with E-state index in [0.717, 1.165) is 32.3 Å². The summed E-state index contributed by atoms with van der Waals surface area (Å²) in [5, 5.41) is 12.8. The first-order valence-electron chi connectivity index (χ1n) is 13.4. The molecule has 1 aliphatic rings. The summed E-state index contributed by atoms with van der Waals surface area (Å²) in [4.78, 5) is 40.7. The first kappa shape index (κ1) is 31.4.